The summed E-state index contributed by atoms with van der Waals surface area (Å²) in [5.74, 6) is 0.883. The highest BCUT2D eigenvalue weighted by atomic mass is 15.2. The molecule has 0 aliphatic carbocycles. The van der Waals surface area contributed by atoms with Crippen molar-refractivity contribution in [1.29, 1.82) is 0 Å². The van der Waals surface area contributed by atoms with Crippen LogP contribution in [-0.2, 0) is 6.54 Å². The molecule has 0 unspecified atom stereocenters. The molecule has 1 aromatic rings. The van der Waals surface area contributed by atoms with E-state index in [-0.39, 0.29) is 0 Å². The predicted octanol–water partition coefficient (Wildman–Crippen LogP) is 2.23. The van der Waals surface area contributed by atoms with Gasteiger partial charge in [-0.2, -0.15) is 0 Å². The molecule has 0 bridgehead atoms. The lowest BCUT2D eigenvalue weighted by molar-refractivity contribution is 0.289. The zero-order chi connectivity index (χ0) is 14.8. The maximum absolute atomic E-state index is 4.28. The van der Waals surface area contributed by atoms with E-state index in [4.69, 9.17) is 0 Å². The van der Waals surface area contributed by atoms with Gasteiger partial charge in [-0.1, -0.05) is 43.2 Å². The topological polar surface area (TPSA) is 39.7 Å². The fourth-order valence-electron chi connectivity index (χ4n) is 2.69. The molecule has 4 nitrogen and oxygen atoms in total. The monoisotopic (exact) mass is 288 g/mol. The van der Waals surface area contributed by atoms with Gasteiger partial charge in [0.2, 0.25) is 0 Å². The lowest BCUT2D eigenvalue weighted by atomic mass is 10.2. The summed E-state index contributed by atoms with van der Waals surface area (Å²) in [5, 5.41) is 6.76. The largest absolute Gasteiger partial charge is 0.355 e. The quantitative estimate of drug-likeness (QED) is 0.645. The second-order valence-corrected chi connectivity index (χ2v) is 5.59. The van der Waals surface area contributed by atoms with E-state index in [1.54, 1.807) is 0 Å². The van der Waals surface area contributed by atoms with Crippen molar-refractivity contribution in [3.8, 4) is 0 Å². The van der Waals surface area contributed by atoms with Crippen LogP contribution in [0.2, 0.25) is 0 Å². The molecule has 0 radical (unpaired) electrons. The summed E-state index contributed by atoms with van der Waals surface area (Å²) < 4.78 is 0. The first-order chi connectivity index (χ1) is 10.4. The molecule has 0 amide bonds. The van der Waals surface area contributed by atoms with Crippen molar-refractivity contribution in [2.24, 2.45) is 4.99 Å². The maximum Gasteiger partial charge on any atom is 0.191 e. The first-order valence-electron chi connectivity index (χ1n) is 8.09. The number of benzene rings is 1. The summed E-state index contributed by atoms with van der Waals surface area (Å²) in [6, 6.07) is 10.4. The van der Waals surface area contributed by atoms with Gasteiger partial charge in [-0.15, -0.1) is 0 Å². The first kappa shape index (κ1) is 15.8. The zero-order valence-corrected chi connectivity index (χ0v) is 13.1. The number of likely N-dealkylation sites (tertiary alicyclic amines) is 1. The molecule has 1 aliphatic rings. The highest BCUT2D eigenvalue weighted by Gasteiger charge is 2.08. The van der Waals surface area contributed by atoms with Gasteiger partial charge in [0.1, 0.15) is 0 Å². The van der Waals surface area contributed by atoms with Crippen molar-refractivity contribution in [2.75, 3.05) is 33.2 Å². The van der Waals surface area contributed by atoms with E-state index >= 15 is 0 Å². The smallest absolute Gasteiger partial charge is 0.191 e. The molecule has 1 saturated heterocycles. The highest BCUT2D eigenvalue weighted by Crippen LogP contribution is 2.08. The summed E-state index contributed by atoms with van der Waals surface area (Å²) in [4.78, 5) is 6.84. The number of nitrogens with one attached hydrogen (secondary N) is 2. The van der Waals surface area contributed by atoms with E-state index in [1.165, 1.54) is 44.3 Å². The van der Waals surface area contributed by atoms with Gasteiger partial charge in [0.15, 0.2) is 5.96 Å². The first-order valence-corrected chi connectivity index (χ1v) is 8.09. The lowest BCUT2D eigenvalue weighted by Gasteiger charge is -2.20. The molecular formula is C17H28N4. The van der Waals surface area contributed by atoms with E-state index in [0.29, 0.717) is 0 Å². The molecule has 0 atom stereocenters. The zero-order valence-electron chi connectivity index (χ0n) is 13.1. The lowest BCUT2D eigenvalue weighted by Crippen LogP contribution is -2.41. The number of nitrogens with zero attached hydrogens (tertiary/aromatic N) is 2. The molecule has 0 saturated carbocycles. The molecule has 1 aliphatic heterocycles. The van der Waals surface area contributed by atoms with Gasteiger partial charge in [0, 0.05) is 26.7 Å². The van der Waals surface area contributed by atoms with Crippen molar-refractivity contribution in [3.05, 3.63) is 35.9 Å². The molecule has 1 fully saturated rings. The van der Waals surface area contributed by atoms with Gasteiger partial charge in [0.05, 0.1) is 0 Å². The molecule has 4 heteroatoms. The van der Waals surface area contributed by atoms with Crippen molar-refractivity contribution < 1.29 is 0 Å². The van der Waals surface area contributed by atoms with Crippen LogP contribution in [0.4, 0.5) is 0 Å². The van der Waals surface area contributed by atoms with Crippen molar-refractivity contribution >= 4 is 5.96 Å². The normalized spacial score (nSPS) is 17.3. The third-order valence-electron chi connectivity index (χ3n) is 3.95. The second kappa shape index (κ2) is 9.40. The molecule has 21 heavy (non-hydrogen) atoms. The van der Waals surface area contributed by atoms with Crippen LogP contribution in [0.25, 0.3) is 0 Å². The average molecular weight is 288 g/mol. The molecule has 116 valence electrons. The van der Waals surface area contributed by atoms with Crippen molar-refractivity contribution in [1.82, 2.24) is 15.5 Å². The minimum Gasteiger partial charge on any atom is -0.355 e. The summed E-state index contributed by atoms with van der Waals surface area (Å²) in [6.07, 6.45) is 5.48. The predicted molar refractivity (Wildman–Crippen MR) is 89.6 cm³/mol. The third kappa shape index (κ3) is 6.17. The Hall–Kier alpha value is -1.55. The Morgan fingerprint density at radius 1 is 1.05 bits per heavy atom. The van der Waals surface area contributed by atoms with Crippen LogP contribution in [0.15, 0.2) is 35.3 Å². The Morgan fingerprint density at radius 2 is 1.76 bits per heavy atom. The minimum absolute atomic E-state index is 0.810. The molecule has 1 aromatic carbocycles. The van der Waals surface area contributed by atoms with E-state index in [9.17, 15) is 0 Å². The number of rotatable bonds is 5. The molecule has 2 N–H and O–H groups in total. The summed E-state index contributed by atoms with van der Waals surface area (Å²) in [5.41, 5.74) is 1.27. The summed E-state index contributed by atoms with van der Waals surface area (Å²) in [6.45, 7) is 5.36. The Morgan fingerprint density at radius 3 is 2.43 bits per heavy atom. The van der Waals surface area contributed by atoms with Gasteiger partial charge in [0.25, 0.3) is 0 Å². The Labute approximate surface area is 128 Å². The number of aliphatic imine (C=N–C) groups is 1. The van der Waals surface area contributed by atoms with Crippen LogP contribution in [-0.4, -0.2) is 44.1 Å². The van der Waals surface area contributed by atoms with Crippen LogP contribution < -0.4 is 10.6 Å². The highest BCUT2D eigenvalue weighted by molar-refractivity contribution is 5.79. The minimum atomic E-state index is 0.810. The standard InChI is InChI=1S/C17H28N4/c1-18-17(20-15-16-9-5-4-6-10-16)19-11-14-21-12-7-2-3-8-13-21/h4-6,9-10H,2-3,7-8,11-15H2,1H3,(H2,18,19,20). The molecular weight excluding hydrogens is 260 g/mol. The fraction of sp³-hybridized carbons (Fsp3) is 0.588. The number of hydrogen-bond donors (Lipinski definition) is 2. The Bertz CT molecular complexity index is 408. The third-order valence-corrected chi connectivity index (χ3v) is 3.95. The van der Waals surface area contributed by atoms with Gasteiger partial charge in [-0.25, -0.2) is 0 Å². The average Bonchev–Trinajstić information content (AvgIpc) is 2.80. The van der Waals surface area contributed by atoms with Crippen molar-refractivity contribution in [3.63, 3.8) is 0 Å². The molecule has 2 rings (SSSR count). The Kier molecular flexibility index (Phi) is 7.08. The van der Waals surface area contributed by atoms with E-state index in [2.05, 4.69) is 44.8 Å². The van der Waals surface area contributed by atoms with Crippen LogP contribution in [0.3, 0.4) is 0 Å². The van der Waals surface area contributed by atoms with Crippen LogP contribution in [0, 0.1) is 0 Å². The fourth-order valence-corrected chi connectivity index (χ4v) is 2.69. The Balaban J connectivity index is 1.65. The summed E-state index contributed by atoms with van der Waals surface area (Å²) >= 11 is 0. The van der Waals surface area contributed by atoms with Crippen LogP contribution >= 0.6 is 0 Å². The SMILES string of the molecule is CN=C(NCCN1CCCCCC1)NCc1ccccc1. The van der Waals surface area contributed by atoms with Gasteiger partial charge in [-0.05, 0) is 31.5 Å². The van der Waals surface area contributed by atoms with Gasteiger partial charge in [-0.3, -0.25) is 4.99 Å². The van der Waals surface area contributed by atoms with E-state index in [1.807, 2.05) is 13.1 Å². The molecule has 0 aromatic heterocycles. The van der Waals surface area contributed by atoms with Crippen molar-refractivity contribution in [2.45, 2.75) is 32.2 Å². The summed E-state index contributed by atoms with van der Waals surface area (Å²) in [7, 11) is 1.83. The van der Waals surface area contributed by atoms with E-state index < -0.39 is 0 Å². The second-order valence-electron chi connectivity index (χ2n) is 5.59. The number of guanidine groups is 1. The number of hydrogen-bond acceptors (Lipinski definition) is 2. The molecule has 0 spiro atoms. The maximum atomic E-state index is 4.28. The van der Waals surface area contributed by atoms with Gasteiger partial charge < -0.3 is 15.5 Å². The van der Waals surface area contributed by atoms with E-state index in [0.717, 1.165) is 25.6 Å². The van der Waals surface area contributed by atoms with Crippen LogP contribution in [0.1, 0.15) is 31.2 Å². The molecule has 1 heterocycles. The van der Waals surface area contributed by atoms with Crippen LogP contribution in [0.5, 0.6) is 0 Å². The van der Waals surface area contributed by atoms with Gasteiger partial charge >= 0.3 is 0 Å².